The van der Waals surface area contributed by atoms with Crippen molar-refractivity contribution in [2.45, 2.75) is 37.3 Å². The van der Waals surface area contributed by atoms with Crippen molar-refractivity contribution in [1.29, 1.82) is 0 Å². The zero-order valence-electron chi connectivity index (χ0n) is 13.1. The van der Waals surface area contributed by atoms with E-state index in [0.717, 1.165) is 5.56 Å². The van der Waals surface area contributed by atoms with Crippen molar-refractivity contribution in [3.63, 3.8) is 0 Å². The van der Waals surface area contributed by atoms with Gasteiger partial charge in [-0.1, -0.05) is 17.7 Å². The number of esters is 1. The standard InChI is InChI=1S/C15H22FNO4S/c1-12-6-8-14(9-7-12)22(19,20)17(2)10-4-5-13(16)11-15(18)21-3/h6-9,13H,4-5,10-11H2,1-3H3. The van der Waals surface area contributed by atoms with E-state index in [0.29, 0.717) is 6.42 Å². The van der Waals surface area contributed by atoms with E-state index in [1.165, 1.54) is 18.5 Å². The second kappa shape index (κ2) is 8.24. The van der Waals surface area contributed by atoms with Gasteiger partial charge in [0.05, 0.1) is 18.4 Å². The highest BCUT2D eigenvalue weighted by Crippen LogP contribution is 2.16. The number of carbonyl (C=O) groups excluding carboxylic acids is 1. The van der Waals surface area contributed by atoms with Gasteiger partial charge in [0.1, 0.15) is 6.17 Å². The number of sulfonamides is 1. The zero-order chi connectivity index (χ0) is 16.8. The topological polar surface area (TPSA) is 63.7 Å². The van der Waals surface area contributed by atoms with Crippen LogP contribution in [-0.2, 0) is 19.6 Å². The van der Waals surface area contributed by atoms with Crippen molar-refractivity contribution in [3.8, 4) is 0 Å². The molecule has 7 heteroatoms. The molecule has 0 spiro atoms. The minimum absolute atomic E-state index is 0.114. The first kappa shape index (κ1) is 18.6. The van der Waals surface area contributed by atoms with Gasteiger partial charge in [-0.05, 0) is 31.9 Å². The molecular weight excluding hydrogens is 309 g/mol. The molecule has 0 bridgehead atoms. The predicted octanol–water partition coefficient (Wildman–Crippen LogP) is 2.30. The Morgan fingerprint density at radius 1 is 1.32 bits per heavy atom. The highest BCUT2D eigenvalue weighted by molar-refractivity contribution is 7.89. The molecule has 0 saturated heterocycles. The number of halogens is 1. The van der Waals surface area contributed by atoms with Crippen LogP contribution >= 0.6 is 0 Å². The molecule has 124 valence electrons. The van der Waals surface area contributed by atoms with Crippen molar-refractivity contribution in [3.05, 3.63) is 29.8 Å². The van der Waals surface area contributed by atoms with E-state index in [1.807, 2.05) is 6.92 Å². The predicted molar refractivity (Wildman–Crippen MR) is 81.8 cm³/mol. The summed E-state index contributed by atoms with van der Waals surface area (Å²) in [4.78, 5) is 11.1. The van der Waals surface area contributed by atoms with Crippen LogP contribution in [0.2, 0.25) is 0 Å². The van der Waals surface area contributed by atoms with Crippen molar-refractivity contribution < 1.29 is 22.3 Å². The summed E-state index contributed by atoms with van der Waals surface area (Å²) >= 11 is 0. The van der Waals surface area contributed by atoms with Gasteiger partial charge in [-0.3, -0.25) is 4.79 Å². The van der Waals surface area contributed by atoms with Crippen LogP contribution in [0.1, 0.15) is 24.8 Å². The minimum Gasteiger partial charge on any atom is -0.469 e. The maximum absolute atomic E-state index is 13.5. The van der Waals surface area contributed by atoms with Gasteiger partial charge in [0.25, 0.3) is 0 Å². The second-order valence-corrected chi connectivity index (χ2v) is 7.20. The number of methoxy groups -OCH3 is 1. The Morgan fingerprint density at radius 3 is 2.45 bits per heavy atom. The van der Waals surface area contributed by atoms with E-state index in [-0.39, 0.29) is 24.3 Å². The van der Waals surface area contributed by atoms with Gasteiger partial charge >= 0.3 is 5.97 Å². The van der Waals surface area contributed by atoms with Crippen LogP contribution in [0.3, 0.4) is 0 Å². The normalized spacial score (nSPS) is 13.1. The Labute approximate surface area is 131 Å². The molecule has 0 aliphatic carbocycles. The zero-order valence-corrected chi connectivity index (χ0v) is 13.9. The summed E-state index contributed by atoms with van der Waals surface area (Å²) in [7, 11) is -0.896. The number of ether oxygens (including phenoxy) is 1. The third kappa shape index (κ3) is 5.38. The first-order valence-electron chi connectivity index (χ1n) is 7.01. The molecule has 1 rings (SSSR count). The van der Waals surface area contributed by atoms with Crippen LogP contribution < -0.4 is 0 Å². The van der Waals surface area contributed by atoms with Crippen LogP contribution in [0.15, 0.2) is 29.2 Å². The Hall–Kier alpha value is -1.47. The second-order valence-electron chi connectivity index (χ2n) is 5.16. The third-order valence-corrected chi connectivity index (χ3v) is 5.21. The number of rotatable bonds is 8. The molecule has 0 aliphatic heterocycles. The van der Waals surface area contributed by atoms with Crippen molar-refractivity contribution in [2.24, 2.45) is 0 Å². The lowest BCUT2D eigenvalue weighted by Crippen LogP contribution is -2.28. The van der Waals surface area contributed by atoms with Crippen LogP contribution in [0, 0.1) is 6.92 Å². The average molecular weight is 331 g/mol. The molecule has 1 aromatic carbocycles. The summed E-state index contributed by atoms with van der Waals surface area (Å²) in [5, 5.41) is 0. The van der Waals surface area contributed by atoms with E-state index >= 15 is 0 Å². The molecule has 0 aliphatic rings. The summed E-state index contributed by atoms with van der Waals surface area (Å²) < 4.78 is 43.7. The molecule has 0 saturated carbocycles. The van der Waals surface area contributed by atoms with Crippen molar-refractivity contribution in [1.82, 2.24) is 4.31 Å². The summed E-state index contributed by atoms with van der Waals surface area (Å²) in [6, 6.07) is 6.57. The summed E-state index contributed by atoms with van der Waals surface area (Å²) in [5.41, 5.74) is 0.977. The molecule has 1 aromatic rings. The smallest absolute Gasteiger partial charge is 0.308 e. The minimum atomic E-state index is -3.56. The highest BCUT2D eigenvalue weighted by atomic mass is 32.2. The van der Waals surface area contributed by atoms with Crippen LogP contribution in [0.25, 0.3) is 0 Å². The molecule has 5 nitrogen and oxygen atoms in total. The van der Waals surface area contributed by atoms with Gasteiger partial charge in [-0.15, -0.1) is 0 Å². The number of benzene rings is 1. The fourth-order valence-corrected chi connectivity index (χ4v) is 3.12. The quantitative estimate of drug-likeness (QED) is 0.686. The van der Waals surface area contributed by atoms with Crippen molar-refractivity contribution in [2.75, 3.05) is 20.7 Å². The highest BCUT2D eigenvalue weighted by Gasteiger charge is 2.21. The Balaban J connectivity index is 2.52. The van der Waals surface area contributed by atoms with E-state index in [9.17, 15) is 17.6 Å². The lowest BCUT2D eigenvalue weighted by Gasteiger charge is -2.17. The monoisotopic (exact) mass is 331 g/mol. The SMILES string of the molecule is COC(=O)CC(F)CCCN(C)S(=O)(=O)c1ccc(C)cc1. The van der Waals surface area contributed by atoms with Crippen molar-refractivity contribution >= 4 is 16.0 Å². The molecule has 0 amide bonds. The first-order valence-corrected chi connectivity index (χ1v) is 8.45. The van der Waals surface area contributed by atoms with Gasteiger partial charge < -0.3 is 4.74 Å². The van der Waals surface area contributed by atoms with E-state index < -0.39 is 22.2 Å². The maximum atomic E-state index is 13.5. The number of aryl methyl sites for hydroxylation is 1. The molecule has 0 fully saturated rings. The summed E-state index contributed by atoms with van der Waals surface area (Å²) in [6.07, 6.45) is -1.17. The Bertz CT molecular complexity index is 586. The Morgan fingerprint density at radius 2 is 1.91 bits per heavy atom. The maximum Gasteiger partial charge on any atom is 0.308 e. The fourth-order valence-electron chi connectivity index (χ4n) is 1.91. The van der Waals surface area contributed by atoms with E-state index in [4.69, 9.17) is 0 Å². The van der Waals surface area contributed by atoms with Gasteiger partial charge in [0, 0.05) is 13.6 Å². The number of hydrogen-bond acceptors (Lipinski definition) is 4. The molecule has 0 aromatic heterocycles. The van der Waals surface area contributed by atoms with Gasteiger partial charge in [-0.2, -0.15) is 0 Å². The van der Waals surface area contributed by atoms with Gasteiger partial charge in [0.2, 0.25) is 10.0 Å². The molecule has 22 heavy (non-hydrogen) atoms. The van der Waals surface area contributed by atoms with Crippen LogP contribution in [0.5, 0.6) is 0 Å². The Kier molecular flexibility index (Phi) is 6.96. The molecule has 1 unspecified atom stereocenters. The van der Waals surface area contributed by atoms with E-state index in [1.54, 1.807) is 24.3 Å². The van der Waals surface area contributed by atoms with Crippen LogP contribution in [-0.4, -0.2) is 45.6 Å². The molecular formula is C15H22FNO4S. The number of nitrogens with zero attached hydrogens (tertiary/aromatic N) is 1. The number of alkyl halides is 1. The largest absolute Gasteiger partial charge is 0.469 e. The molecule has 0 radical (unpaired) electrons. The number of hydrogen-bond donors (Lipinski definition) is 0. The summed E-state index contributed by atoms with van der Waals surface area (Å²) in [5.74, 6) is -0.604. The summed E-state index contributed by atoms with van der Waals surface area (Å²) in [6.45, 7) is 2.07. The lowest BCUT2D eigenvalue weighted by molar-refractivity contribution is -0.141. The fraction of sp³-hybridized carbons (Fsp3) is 0.533. The van der Waals surface area contributed by atoms with Gasteiger partial charge in [-0.25, -0.2) is 17.1 Å². The van der Waals surface area contributed by atoms with E-state index in [2.05, 4.69) is 4.74 Å². The third-order valence-electron chi connectivity index (χ3n) is 3.34. The first-order chi connectivity index (χ1) is 10.3. The molecule has 1 atom stereocenters. The molecule has 0 N–H and O–H groups in total. The number of carbonyl (C=O) groups is 1. The molecule has 0 heterocycles. The average Bonchev–Trinajstić information content (AvgIpc) is 2.47. The van der Waals surface area contributed by atoms with Gasteiger partial charge in [0.15, 0.2) is 0 Å². The lowest BCUT2D eigenvalue weighted by atomic mass is 10.1. The van der Waals surface area contributed by atoms with Crippen LogP contribution in [0.4, 0.5) is 4.39 Å².